The van der Waals surface area contributed by atoms with Crippen molar-refractivity contribution < 1.29 is 0 Å². The van der Waals surface area contributed by atoms with Crippen molar-refractivity contribution in [2.45, 2.75) is 0 Å². The number of allylic oxidation sites excluding steroid dienone is 1. The molecular formula is C8H9N3S. The second kappa shape index (κ2) is 3.88. The van der Waals surface area contributed by atoms with Crippen LogP contribution in [-0.4, -0.2) is 24.0 Å². The van der Waals surface area contributed by atoms with Crippen molar-refractivity contribution in [2.75, 3.05) is 14.1 Å². The van der Waals surface area contributed by atoms with E-state index in [4.69, 9.17) is 5.26 Å². The molecule has 0 atom stereocenters. The van der Waals surface area contributed by atoms with Crippen LogP contribution in [0, 0.1) is 11.3 Å². The third-order valence-electron chi connectivity index (χ3n) is 1.22. The first kappa shape index (κ1) is 8.75. The Balaban J connectivity index is 2.93. The van der Waals surface area contributed by atoms with Gasteiger partial charge in [0, 0.05) is 25.7 Å². The predicted molar refractivity (Wildman–Crippen MR) is 49.4 cm³/mol. The van der Waals surface area contributed by atoms with Crippen LogP contribution in [0.3, 0.4) is 0 Å². The number of aromatic nitrogens is 1. The third kappa shape index (κ3) is 2.07. The standard InChI is InChI=1S/C8H9N3S/c1-11(2)4-7(3-9)8-5-12-6-10-8/h4-6H,1-2H3. The van der Waals surface area contributed by atoms with Crippen LogP contribution in [0.5, 0.6) is 0 Å². The van der Waals surface area contributed by atoms with Crippen LogP contribution in [0.15, 0.2) is 17.1 Å². The molecule has 1 heterocycles. The van der Waals surface area contributed by atoms with Crippen LogP contribution in [-0.2, 0) is 0 Å². The molecule has 0 radical (unpaired) electrons. The Kier molecular flexibility index (Phi) is 2.83. The van der Waals surface area contributed by atoms with Gasteiger partial charge in [0.25, 0.3) is 0 Å². The second-order valence-corrected chi connectivity index (χ2v) is 3.21. The lowest BCUT2D eigenvalue weighted by Crippen LogP contribution is -2.02. The van der Waals surface area contributed by atoms with E-state index in [-0.39, 0.29) is 0 Å². The Bertz CT molecular complexity index is 306. The van der Waals surface area contributed by atoms with Crippen LogP contribution in [0.2, 0.25) is 0 Å². The highest BCUT2D eigenvalue weighted by Crippen LogP contribution is 2.12. The minimum absolute atomic E-state index is 0.598. The summed E-state index contributed by atoms with van der Waals surface area (Å²) >= 11 is 1.49. The molecule has 0 spiro atoms. The Morgan fingerprint density at radius 1 is 1.75 bits per heavy atom. The lowest BCUT2D eigenvalue weighted by atomic mass is 10.2. The van der Waals surface area contributed by atoms with Gasteiger partial charge >= 0.3 is 0 Å². The van der Waals surface area contributed by atoms with Gasteiger partial charge in [-0.25, -0.2) is 4.98 Å². The lowest BCUT2D eigenvalue weighted by Gasteiger charge is -2.04. The van der Waals surface area contributed by atoms with Crippen molar-refractivity contribution in [1.82, 2.24) is 9.88 Å². The van der Waals surface area contributed by atoms with E-state index >= 15 is 0 Å². The summed E-state index contributed by atoms with van der Waals surface area (Å²) in [7, 11) is 3.76. The summed E-state index contributed by atoms with van der Waals surface area (Å²) in [4.78, 5) is 5.87. The molecule has 0 aliphatic rings. The minimum Gasteiger partial charge on any atom is -0.382 e. The number of hydrogen-bond donors (Lipinski definition) is 0. The molecule has 3 nitrogen and oxygen atoms in total. The molecule has 1 rings (SSSR count). The third-order valence-corrected chi connectivity index (χ3v) is 1.80. The highest BCUT2D eigenvalue weighted by atomic mass is 32.1. The fourth-order valence-corrected chi connectivity index (χ4v) is 1.31. The molecule has 0 aromatic carbocycles. The molecule has 0 saturated heterocycles. The molecule has 0 fully saturated rings. The molecule has 0 amide bonds. The number of thiazole rings is 1. The smallest absolute Gasteiger partial charge is 0.103 e. The van der Waals surface area contributed by atoms with Crippen molar-refractivity contribution in [3.8, 4) is 6.07 Å². The second-order valence-electron chi connectivity index (χ2n) is 2.49. The number of rotatable bonds is 2. The summed E-state index contributed by atoms with van der Waals surface area (Å²) < 4.78 is 0. The molecule has 1 aromatic heterocycles. The largest absolute Gasteiger partial charge is 0.382 e. The highest BCUT2D eigenvalue weighted by Gasteiger charge is 2.01. The molecule has 62 valence electrons. The van der Waals surface area contributed by atoms with E-state index in [2.05, 4.69) is 11.1 Å². The van der Waals surface area contributed by atoms with Crippen LogP contribution in [0.25, 0.3) is 5.57 Å². The first-order chi connectivity index (χ1) is 5.74. The van der Waals surface area contributed by atoms with E-state index < -0.39 is 0 Å². The molecular weight excluding hydrogens is 170 g/mol. The molecule has 0 aliphatic heterocycles. The normalized spacial score (nSPS) is 10.9. The van der Waals surface area contributed by atoms with Crippen molar-refractivity contribution in [2.24, 2.45) is 0 Å². The fraction of sp³-hybridized carbons (Fsp3) is 0.250. The van der Waals surface area contributed by atoms with Gasteiger partial charge in [-0.2, -0.15) is 5.26 Å². The van der Waals surface area contributed by atoms with E-state index in [1.807, 2.05) is 24.4 Å². The van der Waals surface area contributed by atoms with E-state index in [1.165, 1.54) is 11.3 Å². The van der Waals surface area contributed by atoms with E-state index in [1.54, 1.807) is 11.7 Å². The van der Waals surface area contributed by atoms with Crippen molar-refractivity contribution in [3.63, 3.8) is 0 Å². The van der Waals surface area contributed by atoms with Gasteiger partial charge in [0.05, 0.1) is 16.8 Å². The van der Waals surface area contributed by atoms with Gasteiger partial charge in [0.2, 0.25) is 0 Å². The van der Waals surface area contributed by atoms with E-state index in [0.717, 1.165) is 5.69 Å². The summed E-state index contributed by atoms with van der Waals surface area (Å²) in [6.45, 7) is 0. The van der Waals surface area contributed by atoms with Crippen molar-refractivity contribution in [1.29, 1.82) is 5.26 Å². The molecule has 0 saturated carbocycles. The van der Waals surface area contributed by atoms with Crippen LogP contribution < -0.4 is 0 Å². The van der Waals surface area contributed by atoms with Crippen LogP contribution in [0.1, 0.15) is 5.69 Å². The molecule has 12 heavy (non-hydrogen) atoms. The Hall–Kier alpha value is -1.34. The number of nitrogens with zero attached hydrogens (tertiary/aromatic N) is 3. The minimum atomic E-state index is 0.598. The maximum atomic E-state index is 8.77. The first-order valence-electron chi connectivity index (χ1n) is 3.41. The van der Waals surface area contributed by atoms with Gasteiger partial charge in [-0.1, -0.05) is 0 Å². The summed E-state index contributed by atoms with van der Waals surface area (Å²) in [5, 5.41) is 10.6. The fourth-order valence-electron chi connectivity index (χ4n) is 0.756. The summed E-state index contributed by atoms with van der Waals surface area (Å²) in [6.07, 6.45) is 1.76. The van der Waals surface area contributed by atoms with Gasteiger partial charge in [0.1, 0.15) is 6.07 Å². The molecule has 0 N–H and O–H groups in total. The average Bonchev–Trinajstić information content (AvgIpc) is 2.51. The Morgan fingerprint density at radius 3 is 2.92 bits per heavy atom. The topological polar surface area (TPSA) is 39.9 Å². The zero-order valence-electron chi connectivity index (χ0n) is 6.98. The molecule has 1 aromatic rings. The SMILES string of the molecule is CN(C)C=C(C#N)c1cscn1. The predicted octanol–water partition coefficient (Wildman–Crippen LogP) is 1.57. The first-order valence-corrected chi connectivity index (χ1v) is 4.35. The van der Waals surface area contributed by atoms with Crippen LogP contribution >= 0.6 is 11.3 Å². The van der Waals surface area contributed by atoms with Gasteiger partial charge in [0.15, 0.2) is 0 Å². The van der Waals surface area contributed by atoms with Crippen LogP contribution in [0.4, 0.5) is 0 Å². The van der Waals surface area contributed by atoms with E-state index in [9.17, 15) is 0 Å². The van der Waals surface area contributed by atoms with Gasteiger partial charge in [-0.15, -0.1) is 11.3 Å². The number of nitriles is 1. The Morgan fingerprint density at radius 2 is 2.50 bits per heavy atom. The lowest BCUT2D eigenvalue weighted by molar-refractivity contribution is 0.566. The maximum Gasteiger partial charge on any atom is 0.103 e. The summed E-state index contributed by atoms with van der Waals surface area (Å²) in [5.74, 6) is 0. The zero-order valence-corrected chi connectivity index (χ0v) is 7.80. The van der Waals surface area contributed by atoms with E-state index in [0.29, 0.717) is 5.57 Å². The quantitative estimate of drug-likeness (QED) is 0.647. The van der Waals surface area contributed by atoms with Gasteiger partial charge < -0.3 is 4.90 Å². The Labute approximate surface area is 75.6 Å². The summed E-state index contributed by atoms with van der Waals surface area (Å²) in [5.41, 5.74) is 3.06. The highest BCUT2D eigenvalue weighted by molar-refractivity contribution is 7.07. The van der Waals surface area contributed by atoms with Crippen molar-refractivity contribution in [3.05, 3.63) is 22.8 Å². The molecule has 0 bridgehead atoms. The van der Waals surface area contributed by atoms with Gasteiger partial charge in [-0.3, -0.25) is 0 Å². The maximum absolute atomic E-state index is 8.77. The molecule has 0 aliphatic carbocycles. The van der Waals surface area contributed by atoms with Gasteiger partial charge in [-0.05, 0) is 0 Å². The van der Waals surface area contributed by atoms with Crippen molar-refractivity contribution >= 4 is 16.9 Å². The molecule has 4 heteroatoms. The molecule has 0 unspecified atom stereocenters. The summed E-state index contributed by atoms with van der Waals surface area (Å²) in [6, 6.07) is 2.10. The average molecular weight is 179 g/mol. The zero-order chi connectivity index (χ0) is 8.97. The monoisotopic (exact) mass is 179 g/mol. The number of hydrogen-bond acceptors (Lipinski definition) is 4.